The summed E-state index contributed by atoms with van der Waals surface area (Å²) in [5.74, 6) is -0.372. The number of nitrogens with one attached hydrogen (secondary N) is 1. The molecule has 0 fully saturated rings. The van der Waals surface area contributed by atoms with Crippen molar-refractivity contribution >= 4 is 11.6 Å². The molecule has 1 aromatic heterocycles. The van der Waals surface area contributed by atoms with E-state index in [4.69, 9.17) is 5.26 Å². The van der Waals surface area contributed by atoms with Crippen molar-refractivity contribution in [3.05, 3.63) is 61.6 Å². The van der Waals surface area contributed by atoms with Gasteiger partial charge in [-0.25, -0.2) is 0 Å². The zero-order valence-corrected chi connectivity index (χ0v) is 11.1. The normalized spacial score (nSPS) is 10.2. The lowest BCUT2D eigenvalue weighted by Crippen LogP contribution is -2.32. The monoisotopic (exact) mass is 268 g/mol. The molecule has 1 rings (SSSR count). The maximum Gasteiger partial charge on any atom is 0.266 e. The average Bonchev–Trinajstić information content (AvgIpc) is 2.48. The molecule has 5 heteroatoms. The standard InChI is InChI=1S/C15H16N4O/c1-3-8-19(9-4-2)15(20)13(10-16)11-18-14-6-5-7-17-12-14/h3-7,11-12,18H,1-2,8-9H2/b13-11-. The summed E-state index contributed by atoms with van der Waals surface area (Å²) < 4.78 is 0. The Bertz CT molecular complexity index is 533. The van der Waals surface area contributed by atoms with Crippen molar-refractivity contribution in [2.75, 3.05) is 18.4 Å². The lowest BCUT2D eigenvalue weighted by molar-refractivity contribution is -0.125. The molecule has 20 heavy (non-hydrogen) atoms. The number of pyridine rings is 1. The summed E-state index contributed by atoms with van der Waals surface area (Å²) in [4.78, 5) is 17.6. The molecule has 5 nitrogen and oxygen atoms in total. The SMILES string of the molecule is C=CCN(CC=C)C(=O)/C(C#N)=C\Nc1cccnc1. The van der Waals surface area contributed by atoms with Gasteiger partial charge in [-0.05, 0) is 12.1 Å². The van der Waals surface area contributed by atoms with Crippen molar-refractivity contribution in [3.63, 3.8) is 0 Å². The van der Waals surface area contributed by atoms with Crippen LogP contribution in [0, 0.1) is 11.3 Å². The van der Waals surface area contributed by atoms with Gasteiger partial charge >= 0.3 is 0 Å². The number of nitriles is 1. The first-order valence-corrected chi connectivity index (χ1v) is 6.00. The molecule has 1 N–H and O–H groups in total. The van der Waals surface area contributed by atoms with Crippen LogP contribution in [0.25, 0.3) is 0 Å². The Morgan fingerprint density at radius 3 is 2.65 bits per heavy atom. The fourth-order valence-corrected chi connectivity index (χ4v) is 1.47. The van der Waals surface area contributed by atoms with Crippen LogP contribution < -0.4 is 5.32 Å². The summed E-state index contributed by atoms with van der Waals surface area (Å²) in [6, 6.07) is 5.43. The maximum absolute atomic E-state index is 12.2. The second-order valence-electron chi connectivity index (χ2n) is 3.84. The number of nitrogens with zero attached hydrogens (tertiary/aromatic N) is 3. The van der Waals surface area contributed by atoms with Crippen LogP contribution in [-0.4, -0.2) is 28.9 Å². The number of aromatic nitrogens is 1. The van der Waals surface area contributed by atoms with Gasteiger partial charge in [-0.15, -0.1) is 13.2 Å². The molecule has 0 aromatic carbocycles. The van der Waals surface area contributed by atoms with Crippen LogP contribution in [0.3, 0.4) is 0 Å². The molecule has 0 radical (unpaired) electrons. The van der Waals surface area contributed by atoms with Crippen molar-refractivity contribution < 1.29 is 4.79 Å². The molecule has 0 spiro atoms. The van der Waals surface area contributed by atoms with Crippen LogP contribution in [0.5, 0.6) is 0 Å². The molecule has 0 aliphatic heterocycles. The van der Waals surface area contributed by atoms with Gasteiger partial charge in [-0.1, -0.05) is 12.2 Å². The molecule has 0 atom stereocenters. The number of carbonyl (C=O) groups is 1. The van der Waals surface area contributed by atoms with Crippen LogP contribution in [0.4, 0.5) is 5.69 Å². The summed E-state index contributed by atoms with van der Waals surface area (Å²) in [5, 5.41) is 12.0. The Kier molecular flexibility index (Phi) is 6.28. The van der Waals surface area contributed by atoms with Gasteiger partial charge in [-0.2, -0.15) is 5.26 Å². The molecular weight excluding hydrogens is 252 g/mol. The molecule has 1 amide bonds. The fourth-order valence-electron chi connectivity index (χ4n) is 1.47. The molecular formula is C15H16N4O. The van der Waals surface area contributed by atoms with E-state index < -0.39 is 0 Å². The van der Waals surface area contributed by atoms with Gasteiger partial charge in [0.2, 0.25) is 0 Å². The van der Waals surface area contributed by atoms with Crippen molar-refractivity contribution in [1.82, 2.24) is 9.88 Å². The Balaban J connectivity index is 2.83. The number of hydrogen-bond acceptors (Lipinski definition) is 4. The van der Waals surface area contributed by atoms with Crippen LogP contribution in [-0.2, 0) is 4.79 Å². The van der Waals surface area contributed by atoms with Gasteiger partial charge in [0.25, 0.3) is 5.91 Å². The van der Waals surface area contributed by atoms with Crippen molar-refractivity contribution in [2.45, 2.75) is 0 Å². The summed E-state index contributed by atoms with van der Waals surface area (Å²) in [5.41, 5.74) is 0.713. The van der Waals surface area contributed by atoms with E-state index in [-0.39, 0.29) is 11.5 Å². The largest absolute Gasteiger partial charge is 0.359 e. The van der Waals surface area contributed by atoms with Crippen molar-refractivity contribution in [3.8, 4) is 6.07 Å². The highest BCUT2D eigenvalue weighted by Gasteiger charge is 2.15. The summed E-state index contributed by atoms with van der Waals surface area (Å²) in [6.07, 6.45) is 7.82. The van der Waals surface area contributed by atoms with Crippen LogP contribution >= 0.6 is 0 Å². The van der Waals surface area contributed by atoms with Gasteiger partial charge in [0.15, 0.2) is 0 Å². The summed E-state index contributed by atoms with van der Waals surface area (Å²) in [6.45, 7) is 7.89. The Morgan fingerprint density at radius 1 is 1.45 bits per heavy atom. The first-order chi connectivity index (χ1) is 9.72. The van der Waals surface area contributed by atoms with Crippen LogP contribution in [0.15, 0.2) is 61.6 Å². The molecule has 102 valence electrons. The zero-order valence-electron chi connectivity index (χ0n) is 11.1. The smallest absolute Gasteiger partial charge is 0.266 e. The number of anilines is 1. The second-order valence-corrected chi connectivity index (χ2v) is 3.84. The Morgan fingerprint density at radius 2 is 2.15 bits per heavy atom. The number of rotatable bonds is 7. The molecule has 0 saturated carbocycles. The summed E-state index contributed by atoms with van der Waals surface area (Å²) in [7, 11) is 0. The van der Waals surface area contributed by atoms with E-state index >= 15 is 0 Å². The average molecular weight is 268 g/mol. The van der Waals surface area contributed by atoms with E-state index in [0.717, 1.165) is 0 Å². The number of hydrogen-bond donors (Lipinski definition) is 1. The number of carbonyl (C=O) groups excluding carboxylic acids is 1. The highest BCUT2D eigenvalue weighted by atomic mass is 16.2. The zero-order chi connectivity index (χ0) is 14.8. The Hall–Kier alpha value is -2.87. The van der Waals surface area contributed by atoms with Gasteiger partial charge < -0.3 is 10.2 Å². The highest BCUT2D eigenvalue weighted by molar-refractivity contribution is 5.97. The molecule has 0 aliphatic rings. The predicted molar refractivity (Wildman–Crippen MR) is 78.5 cm³/mol. The molecule has 1 aromatic rings. The molecule has 0 aliphatic carbocycles. The van der Waals surface area contributed by atoms with Gasteiger partial charge in [0.05, 0.1) is 11.9 Å². The molecule has 0 saturated heterocycles. The number of amides is 1. The predicted octanol–water partition coefficient (Wildman–Crippen LogP) is 2.10. The van der Waals surface area contributed by atoms with Crippen LogP contribution in [0.1, 0.15) is 0 Å². The van der Waals surface area contributed by atoms with Crippen molar-refractivity contribution in [2.24, 2.45) is 0 Å². The van der Waals surface area contributed by atoms with E-state index in [1.807, 2.05) is 6.07 Å². The van der Waals surface area contributed by atoms with E-state index in [1.54, 1.807) is 36.7 Å². The third kappa shape index (κ3) is 4.42. The van der Waals surface area contributed by atoms with Gasteiger partial charge in [0, 0.05) is 25.5 Å². The van der Waals surface area contributed by atoms with Gasteiger partial charge in [-0.3, -0.25) is 9.78 Å². The van der Waals surface area contributed by atoms with Crippen molar-refractivity contribution in [1.29, 1.82) is 5.26 Å². The van der Waals surface area contributed by atoms with E-state index in [2.05, 4.69) is 23.5 Å². The molecule has 1 heterocycles. The highest BCUT2D eigenvalue weighted by Crippen LogP contribution is 2.06. The van der Waals surface area contributed by atoms with E-state index in [9.17, 15) is 4.79 Å². The lowest BCUT2D eigenvalue weighted by Gasteiger charge is -2.18. The second kappa shape index (κ2) is 8.27. The topological polar surface area (TPSA) is 69.0 Å². The van der Waals surface area contributed by atoms with Gasteiger partial charge in [0.1, 0.15) is 11.6 Å². The quantitative estimate of drug-likeness (QED) is 0.467. The maximum atomic E-state index is 12.2. The lowest BCUT2D eigenvalue weighted by atomic mass is 10.2. The minimum atomic E-state index is -0.372. The molecule has 0 bridgehead atoms. The first kappa shape index (κ1) is 15.2. The fraction of sp³-hybridized carbons (Fsp3) is 0.133. The summed E-state index contributed by atoms with van der Waals surface area (Å²) >= 11 is 0. The Labute approximate surface area is 118 Å². The third-order valence-electron chi connectivity index (χ3n) is 2.38. The van der Waals surface area contributed by atoms with Crippen LogP contribution in [0.2, 0.25) is 0 Å². The molecule has 0 unspecified atom stereocenters. The first-order valence-electron chi connectivity index (χ1n) is 6.00. The van der Waals surface area contributed by atoms with E-state index in [0.29, 0.717) is 18.8 Å². The minimum absolute atomic E-state index is 0.0116. The third-order valence-corrected chi connectivity index (χ3v) is 2.38. The minimum Gasteiger partial charge on any atom is -0.359 e. The van der Waals surface area contributed by atoms with E-state index in [1.165, 1.54) is 11.1 Å².